The first-order valence-corrected chi connectivity index (χ1v) is 8.61. The van der Waals surface area contributed by atoms with Gasteiger partial charge in [-0.05, 0) is 35.6 Å². The highest BCUT2D eigenvalue weighted by Gasteiger charge is 2.36. The van der Waals surface area contributed by atoms with Gasteiger partial charge in [-0.15, -0.1) is 0 Å². The molecular formula is C18H24ClN3O2. The highest BCUT2D eigenvalue weighted by atomic mass is 35.5. The van der Waals surface area contributed by atoms with Gasteiger partial charge in [0.05, 0.1) is 12.1 Å². The summed E-state index contributed by atoms with van der Waals surface area (Å²) in [5.74, 6) is 0.923. The van der Waals surface area contributed by atoms with Crippen LogP contribution in [0.1, 0.15) is 44.4 Å². The van der Waals surface area contributed by atoms with Crippen LogP contribution in [0.15, 0.2) is 24.8 Å². The Morgan fingerprint density at radius 3 is 2.79 bits per heavy atom. The Kier molecular flexibility index (Phi) is 4.58. The smallest absolute Gasteiger partial charge is 0.137 e. The fourth-order valence-corrected chi connectivity index (χ4v) is 3.62. The van der Waals surface area contributed by atoms with Crippen LogP contribution in [0.2, 0.25) is 5.02 Å². The number of aromatic nitrogens is 3. The van der Waals surface area contributed by atoms with Crippen molar-refractivity contribution in [2.24, 2.45) is 5.41 Å². The predicted octanol–water partition coefficient (Wildman–Crippen LogP) is 3.58. The number of halogens is 1. The van der Waals surface area contributed by atoms with Crippen molar-refractivity contribution in [3.05, 3.63) is 40.9 Å². The third kappa shape index (κ3) is 3.42. The van der Waals surface area contributed by atoms with E-state index in [9.17, 15) is 5.11 Å². The maximum atomic E-state index is 10.8. The van der Waals surface area contributed by atoms with Crippen molar-refractivity contribution in [1.82, 2.24) is 14.8 Å². The number of benzene rings is 1. The van der Waals surface area contributed by atoms with Gasteiger partial charge in [-0.3, -0.25) is 0 Å². The van der Waals surface area contributed by atoms with Crippen LogP contribution in [0.3, 0.4) is 0 Å². The number of aliphatic hydroxyl groups is 1. The second-order valence-electron chi connectivity index (χ2n) is 7.64. The van der Waals surface area contributed by atoms with Gasteiger partial charge in [0.2, 0.25) is 0 Å². The van der Waals surface area contributed by atoms with E-state index >= 15 is 0 Å². The van der Waals surface area contributed by atoms with Gasteiger partial charge < -0.3 is 9.84 Å². The van der Waals surface area contributed by atoms with E-state index in [1.807, 2.05) is 39.8 Å². The Morgan fingerprint density at radius 1 is 1.42 bits per heavy atom. The number of ether oxygens (including phenoxy) is 1. The number of hydrogen-bond acceptors (Lipinski definition) is 4. The van der Waals surface area contributed by atoms with Crippen LogP contribution in [0.5, 0.6) is 5.75 Å². The molecule has 24 heavy (non-hydrogen) atoms. The highest BCUT2D eigenvalue weighted by molar-refractivity contribution is 6.30. The summed E-state index contributed by atoms with van der Waals surface area (Å²) >= 11 is 6.16. The van der Waals surface area contributed by atoms with Crippen LogP contribution in [0, 0.1) is 12.3 Å². The largest absolute Gasteiger partial charge is 0.489 e. The molecule has 1 aromatic heterocycles. The fourth-order valence-electron chi connectivity index (χ4n) is 3.32. The number of rotatable bonds is 4. The SMILES string of the molecule is Cc1cc(Cl)cc2c1OC(CC(C(O)C(C)(C)C)n1cncn1)C2. The highest BCUT2D eigenvalue weighted by Crippen LogP contribution is 2.39. The minimum absolute atomic E-state index is 0.0108. The molecule has 0 radical (unpaired) electrons. The zero-order valence-electron chi connectivity index (χ0n) is 14.5. The maximum Gasteiger partial charge on any atom is 0.137 e. The molecule has 1 aliphatic rings. The van der Waals surface area contributed by atoms with Gasteiger partial charge in [-0.1, -0.05) is 32.4 Å². The van der Waals surface area contributed by atoms with E-state index in [0.717, 1.165) is 28.3 Å². The number of aryl methyl sites for hydroxylation is 1. The Bertz CT molecular complexity index is 710. The second kappa shape index (κ2) is 6.37. The van der Waals surface area contributed by atoms with Crippen LogP contribution in [0.4, 0.5) is 0 Å². The summed E-state index contributed by atoms with van der Waals surface area (Å²) in [5.41, 5.74) is 1.92. The van der Waals surface area contributed by atoms with Crippen molar-refractivity contribution >= 4 is 11.6 Å². The molecule has 5 nitrogen and oxygen atoms in total. The third-order valence-electron chi connectivity index (χ3n) is 4.58. The van der Waals surface area contributed by atoms with Gasteiger partial charge in [-0.25, -0.2) is 9.67 Å². The molecule has 3 unspecified atom stereocenters. The number of aliphatic hydroxyl groups excluding tert-OH is 1. The average molecular weight is 350 g/mol. The molecule has 3 atom stereocenters. The molecule has 0 saturated carbocycles. The normalized spacial score (nSPS) is 19.7. The lowest BCUT2D eigenvalue weighted by molar-refractivity contribution is -0.00216. The van der Waals surface area contributed by atoms with E-state index in [2.05, 4.69) is 10.1 Å². The topological polar surface area (TPSA) is 60.2 Å². The van der Waals surface area contributed by atoms with Gasteiger partial charge in [-0.2, -0.15) is 5.10 Å². The van der Waals surface area contributed by atoms with Gasteiger partial charge in [0.1, 0.15) is 24.5 Å². The maximum absolute atomic E-state index is 10.8. The van der Waals surface area contributed by atoms with E-state index in [-0.39, 0.29) is 17.6 Å². The summed E-state index contributed by atoms with van der Waals surface area (Å²) in [4.78, 5) is 4.03. The molecule has 0 amide bonds. The summed E-state index contributed by atoms with van der Waals surface area (Å²) < 4.78 is 7.89. The zero-order chi connectivity index (χ0) is 17.5. The quantitative estimate of drug-likeness (QED) is 0.916. The second-order valence-corrected chi connectivity index (χ2v) is 8.08. The molecule has 1 N–H and O–H groups in total. The number of fused-ring (bicyclic) bond motifs is 1. The van der Waals surface area contributed by atoms with Crippen molar-refractivity contribution in [3.63, 3.8) is 0 Å². The van der Waals surface area contributed by atoms with Crippen LogP contribution < -0.4 is 4.74 Å². The van der Waals surface area contributed by atoms with Crippen LogP contribution in [-0.4, -0.2) is 32.1 Å². The summed E-state index contributed by atoms with van der Waals surface area (Å²) in [5, 5.41) is 15.8. The van der Waals surface area contributed by atoms with E-state index in [0.29, 0.717) is 6.42 Å². The first-order chi connectivity index (χ1) is 11.3. The molecule has 2 aromatic rings. The third-order valence-corrected chi connectivity index (χ3v) is 4.80. The Labute approximate surface area is 147 Å². The molecule has 0 spiro atoms. The molecule has 0 aliphatic carbocycles. The Hall–Kier alpha value is -1.59. The number of hydrogen-bond donors (Lipinski definition) is 1. The van der Waals surface area contributed by atoms with Gasteiger partial charge in [0, 0.05) is 17.9 Å². The van der Waals surface area contributed by atoms with Crippen molar-refractivity contribution in [1.29, 1.82) is 0 Å². The fraction of sp³-hybridized carbons (Fsp3) is 0.556. The lowest BCUT2D eigenvalue weighted by atomic mass is 9.82. The van der Waals surface area contributed by atoms with Gasteiger partial charge >= 0.3 is 0 Å². The molecule has 0 saturated heterocycles. The lowest BCUT2D eigenvalue weighted by Gasteiger charge is -2.34. The first kappa shape index (κ1) is 17.2. The van der Waals surface area contributed by atoms with Gasteiger partial charge in [0.25, 0.3) is 0 Å². The van der Waals surface area contributed by atoms with Crippen LogP contribution >= 0.6 is 11.6 Å². The average Bonchev–Trinajstić information content (AvgIpc) is 3.11. The molecule has 130 valence electrons. The standard InChI is InChI=1S/C18H24ClN3O2/c1-11-5-13(19)6-12-7-14(24-16(11)12)8-15(17(23)18(2,3)4)22-10-20-9-21-22/h5-6,9-10,14-15,17,23H,7-8H2,1-4H3. The summed E-state index contributed by atoms with van der Waals surface area (Å²) in [6.07, 6.45) is 4.03. The summed E-state index contributed by atoms with van der Waals surface area (Å²) in [7, 11) is 0. The molecule has 1 aliphatic heterocycles. The van der Waals surface area contributed by atoms with Crippen molar-refractivity contribution < 1.29 is 9.84 Å². The van der Waals surface area contributed by atoms with Crippen LogP contribution in [-0.2, 0) is 6.42 Å². The lowest BCUT2D eigenvalue weighted by Crippen LogP contribution is -2.38. The monoisotopic (exact) mass is 349 g/mol. The summed E-state index contributed by atoms with van der Waals surface area (Å²) in [6, 6.07) is 3.69. The molecule has 6 heteroatoms. The Balaban J connectivity index is 1.81. The zero-order valence-corrected chi connectivity index (χ0v) is 15.3. The van der Waals surface area contributed by atoms with Crippen LogP contribution in [0.25, 0.3) is 0 Å². The molecule has 0 fully saturated rings. The predicted molar refractivity (Wildman–Crippen MR) is 93.4 cm³/mol. The first-order valence-electron chi connectivity index (χ1n) is 8.23. The Morgan fingerprint density at radius 2 is 2.17 bits per heavy atom. The number of nitrogens with zero attached hydrogens (tertiary/aromatic N) is 3. The van der Waals surface area contributed by atoms with E-state index < -0.39 is 6.10 Å². The van der Waals surface area contributed by atoms with E-state index in [1.54, 1.807) is 11.0 Å². The molecule has 1 aromatic carbocycles. The minimum atomic E-state index is -0.559. The molecule has 3 rings (SSSR count). The molecule has 2 heterocycles. The van der Waals surface area contributed by atoms with Crippen molar-refractivity contribution in [3.8, 4) is 5.75 Å². The van der Waals surface area contributed by atoms with Crippen molar-refractivity contribution in [2.45, 2.75) is 58.8 Å². The van der Waals surface area contributed by atoms with Gasteiger partial charge in [0.15, 0.2) is 0 Å². The van der Waals surface area contributed by atoms with E-state index in [4.69, 9.17) is 16.3 Å². The molecular weight excluding hydrogens is 326 g/mol. The molecule has 0 bridgehead atoms. The minimum Gasteiger partial charge on any atom is -0.489 e. The van der Waals surface area contributed by atoms with E-state index in [1.165, 1.54) is 6.33 Å². The summed E-state index contributed by atoms with van der Waals surface area (Å²) in [6.45, 7) is 8.08. The van der Waals surface area contributed by atoms with Crippen molar-refractivity contribution in [2.75, 3.05) is 0 Å².